The highest BCUT2D eigenvalue weighted by Crippen LogP contribution is 2.35. The fourth-order valence-corrected chi connectivity index (χ4v) is 3.23. The highest BCUT2D eigenvalue weighted by molar-refractivity contribution is 6.10. The molecule has 0 aromatic heterocycles. The van der Waals surface area contributed by atoms with Crippen LogP contribution in [0.2, 0.25) is 0 Å². The Morgan fingerprint density at radius 1 is 0.800 bits per heavy atom. The molecule has 0 fully saturated rings. The van der Waals surface area contributed by atoms with Gasteiger partial charge in [0.1, 0.15) is 6.04 Å². The van der Waals surface area contributed by atoms with Crippen molar-refractivity contribution in [2.24, 2.45) is 0 Å². The minimum absolute atomic E-state index is 0.246. The number of hydrogen-bond donors (Lipinski definition) is 2. The van der Waals surface area contributed by atoms with Crippen molar-refractivity contribution in [2.45, 2.75) is 12.5 Å². The molecule has 150 valence electrons. The maximum absolute atomic E-state index is 13.1. The van der Waals surface area contributed by atoms with Crippen molar-refractivity contribution < 1.29 is 19.1 Å². The van der Waals surface area contributed by atoms with Crippen molar-refractivity contribution in [2.75, 3.05) is 15.5 Å². The van der Waals surface area contributed by atoms with Gasteiger partial charge in [-0.25, -0.2) is 9.59 Å². The first-order valence-corrected chi connectivity index (χ1v) is 9.43. The molecule has 7 nitrogen and oxygen atoms in total. The van der Waals surface area contributed by atoms with E-state index in [1.54, 1.807) is 72.8 Å². The van der Waals surface area contributed by atoms with Gasteiger partial charge in [0.15, 0.2) is 5.75 Å². The number of nitrogens with zero attached hydrogens (tertiary/aromatic N) is 1. The molecule has 30 heavy (non-hydrogen) atoms. The number of rotatable bonds is 4. The van der Waals surface area contributed by atoms with Crippen LogP contribution in [-0.4, -0.2) is 23.9 Å². The summed E-state index contributed by atoms with van der Waals surface area (Å²) in [6, 6.07) is 22.9. The van der Waals surface area contributed by atoms with Crippen LogP contribution < -0.4 is 20.3 Å². The van der Waals surface area contributed by atoms with E-state index in [1.165, 1.54) is 4.90 Å². The van der Waals surface area contributed by atoms with Crippen LogP contribution in [0.15, 0.2) is 84.9 Å². The zero-order valence-corrected chi connectivity index (χ0v) is 15.9. The Labute approximate surface area is 173 Å². The Morgan fingerprint density at radius 2 is 1.37 bits per heavy atom. The number of carbonyl (C=O) groups is 3. The number of carbonyl (C=O) groups excluding carboxylic acids is 3. The van der Waals surface area contributed by atoms with Gasteiger partial charge in [0, 0.05) is 11.4 Å². The SMILES string of the molecule is O=C(C[C@@H]1C(=O)Oc2ccccc2N1C(=O)Nc1ccccc1)Nc1ccccc1. The standard InChI is InChI=1S/C23H19N3O4/c27-21(24-16-9-3-1-4-10-16)15-19-22(28)30-20-14-8-7-13-18(20)26(19)23(29)25-17-11-5-2-6-12-17/h1-14,19H,15H2,(H,24,27)(H,25,29)/t19-/m1/s1. The summed E-state index contributed by atoms with van der Waals surface area (Å²) >= 11 is 0. The molecule has 3 aromatic carbocycles. The number of fused-ring (bicyclic) bond motifs is 1. The molecule has 7 heteroatoms. The van der Waals surface area contributed by atoms with Gasteiger partial charge in [0.2, 0.25) is 5.91 Å². The van der Waals surface area contributed by atoms with Crippen LogP contribution in [0.25, 0.3) is 0 Å². The van der Waals surface area contributed by atoms with Gasteiger partial charge in [-0.05, 0) is 36.4 Å². The first-order chi connectivity index (χ1) is 14.6. The van der Waals surface area contributed by atoms with E-state index in [2.05, 4.69) is 10.6 Å². The second-order valence-electron chi connectivity index (χ2n) is 6.69. The molecule has 3 aromatic rings. The number of nitrogens with one attached hydrogen (secondary N) is 2. The van der Waals surface area contributed by atoms with E-state index in [-0.39, 0.29) is 12.2 Å². The van der Waals surface area contributed by atoms with E-state index < -0.39 is 23.9 Å². The molecule has 1 aliphatic rings. The summed E-state index contributed by atoms with van der Waals surface area (Å²) < 4.78 is 5.39. The van der Waals surface area contributed by atoms with E-state index in [1.807, 2.05) is 12.1 Å². The van der Waals surface area contributed by atoms with Crippen LogP contribution in [0.5, 0.6) is 5.75 Å². The van der Waals surface area contributed by atoms with Gasteiger partial charge in [-0.1, -0.05) is 48.5 Å². The van der Waals surface area contributed by atoms with Crippen molar-refractivity contribution in [1.29, 1.82) is 0 Å². The van der Waals surface area contributed by atoms with Crippen molar-refractivity contribution in [3.8, 4) is 5.75 Å². The Balaban J connectivity index is 1.60. The van der Waals surface area contributed by atoms with Crippen molar-refractivity contribution in [3.05, 3.63) is 84.9 Å². The zero-order valence-electron chi connectivity index (χ0n) is 15.9. The second kappa shape index (κ2) is 8.48. The zero-order chi connectivity index (χ0) is 20.9. The number of anilines is 3. The normalized spacial score (nSPS) is 15.0. The van der Waals surface area contributed by atoms with Gasteiger partial charge in [-0.2, -0.15) is 0 Å². The summed E-state index contributed by atoms with van der Waals surface area (Å²) in [4.78, 5) is 39.7. The third-order valence-electron chi connectivity index (χ3n) is 4.60. The number of ether oxygens (including phenoxy) is 1. The predicted octanol–water partition coefficient (Wildman–Crippen LogP) is 4.04. The van der Waals surface area contributed by atoms with E-state index in [0.717, 1.165) is 0 Å². The Hall–Kier alpha value is -4.13. The molecule has 0 aliphatic carbocycles. The van der Waals surface area contributed by atoms with E-state index in [9.17, 15) is 14.4 Å². The maximum atomic E-state index is 13.1. The monoisotopic (exact) mass is 401 g/mol. The number of hydrogen-bond acceptors (Lipinski definition) is 4. The van der Waals surface area contributed by atoms with Crippen molar-refractivity contribution in [3.63, 3.8) is 0 Å². The van der Waals surface area contributed by atoms with Gasteiger partial charge in [-0.15, -0.1) is 0 Å². The molecule has 3 amide bonds. The summed E-state index contributed by atoms with van der Waals surface area (Å²) in [5.41, 5.74) is 1.60. The molecule has 0 saturated heterocycles. The molecular formula is C23H19N3O4. The first kappa shape index (κ1) is 19.2. The summed E-state index contributed by atoms with van der Waals surface area (Å²) in [6.07, 6.45) is -0.246. The van der Waals surface area contributed by atoms with Crippen LogP contribution >= 0.6 is 0 Å². The van der Waals surface area contributed by atoms with Crippen LogP contribution in [0.3, 0.4) is 0 Å². The fourth-order valence-electron chi connectivity index (χ4n) is 3.23. The molecule has 1 heterocycles. The highest BCUT2D eigenvalue weighted by atomic mass is 16.5. The third kappa shape index (κ3) is 4.15. The number of benzene rings is 3. The van der Waals surface area contributed by atoms with Crippen LogP contribution in [0, 0.1) is 0 Å². The van der Waals surface area contributed by atoms with Crippen molar-refractivity contribution in [1.82, 2.24) is 0 Å². The summed E-state index contributed by atoms with van der Waals surface area (Å²) in [5, 5.41) is 5.51. The van der Waals surface area contributed by atoms with Crippen molar-refractivity contribution >= 4 is 35.0 Å². The van der Waals surface area contributed by atoms with E-state index in [0.29, 0.717) is 17.1 Å². The molecule has 2 N–H and O–H groups in total. The van der Waals surface area contributed by atoms with Gasteiger partial charge in [0.25, 0.3) is 0 Å². The van der Waals surface area contributed by atoms with Gasteiger partial charge in [-0.3, -0.25) is 9.69 Å². The average molecular weight is 401 g/mol. The Bertz CT molecular complexity index is 1070. The molecule has 1 atom stereocenters. The van der Waals surface area contributed by atoms with Crippen LogP contribution in [0.4, 0.5) is 21.9 Å². The molecule has 1 aliphatic heterocycles. The molecule has 4 rings (SSSR count). The van der Waals surface area contributed by atoms with E-state index in [4.69, 9.17) is 4.74 Å². The molecule has 0 saturated carbocycles. The largest absolute Gasteiger partial charge is 0.423 e. The van der Waals surface area contributed by atoms with Gasteiger partial charge < -0.3 is 15.4 Å². The second-order valence-corrected chi connectivity index (χ2v) is 6.69. The summed E-state index contributed by atoms with van der Waals surface area (Å²) in [5.74, 6) is -0.800. The maximum Gasteiger partial charge on any atom is 0.335 e. The summed E-state index contributed by atoms with van der Waals surface area (Å²) in [6.45, 7) is 0. The molecular weight excluding hydrogens is 382 g/mol. The average Bonchev–Trinajstić information content (AvgIpc) is 2.75. The minimum Gasteiger partial charge on any atom is -0.423 e. The lowest BCUT2D eigenvalue weighted by Gasteiger charge is -2.34. The van der Waals surface area contributed by atoms with Gasteiger partial charge in [0.05, 0.1) is 12.1 Å². The molecule has 0 spiro atoms. The van der Waals surface area contributed by atoms with Crippen LogP contribution in [-0.2, 0) is 9.59 Å². The minimum atomic E-state index is -1.10. The highest BCUT2D eigenvalue weighted by Gasteiger charge is 2.40. The predicted molar refractivity (Wildman–Crippen MR) is 113 cm³/mol. The number of esters is 1. The third-order valence-corrected chi connectivity index (χ3v) is 4.60. The number of amides is 3. The topological polar surface area (TPSA) is 87.7 Å². The quantitative estimate of drug-likeness (QED) is 0.510. The lowest BCUT2D eigenvalue weighted by molar-refractivity contribution is -0.138. The Kier molecular flexibility index (Phi) is 5.43. The van der Waals surface area contributed by atoms with Crippen LogP contribution in [0.1, 0.15) is 6.42 Å². The lowest BCUT2D eigenvalue weighted by atomic mass is 10.1. The fraction of sp³-hybridized carbons (Fsp3) is 0.0870. The Morgan fingerprint density at radius 3 is 2.03 bits per heavy atom. The first-order valence-electron chi connectivity index (χ1n) is 9.43. The lowest BCUT2D eigenvalue weighted by Crippen LogP contribution is -2.53. The summed E-state index contributed by atoms with van der Waals surface area (Å²) in [7, 11) is 0. The number of para-hydroxylation sites is 4. The molecule has 0 radical (unpaired) electrons. The van der Waals surface area contributed by atoms with Gasteiger partial charge >= 0.3 is 12.0 Å². The molecule has 0 bridgehead atoms. The smallest absolute Gasteiger partial charge is 0.335 e. The molecule has 0 unspecified atom stereocenters. The number of urea groups is 1. The van der Waals surface area contributed by atoms with E-state index >= 15 is 0 Å².